The van der Waals surface area contributed by atoms with Crippen molar-refractivity contribution < 1.29 is 4.79 Å². The van der Waals surface area contributed by atoms with E-state index >= 15 is 0 Å². The zero-order valence-electron chi connectivity index (χ0n) is 13.5. The van der Waals surface area contributed by atoms with Crippen molar-refractivity contribution in [3.8, 4) is 0 Å². The second-order valence-corrected chi connectivity index (χ2v) is 7.27. The van der Waals surface area contributed by atoms with Crippen LogP contribution in [0.1, 0.15) is 35.1 Å². The number of fused-ring (bicyclic) bond motifs is 1. The third kappa shape index (κ3) is 3.17. The molecular formula is C19H19N3OS. The van der Waals surface area contributed by atoms with Gasteiger partial charge in [-0.3, -0.25) is 9.78 Å². The van der Waals surface area contributed by atoms with Crippen LogP contribution in [0.4, 0.5) is 0 Å². The summed E-state index contributed by atoms with van der Waals surface area (Å²) in [5.41, 5.74) is 2.90. The molecule has 1 aromatic carbocycles. The number of hydrogen-bond donors (Lipinski definition) is 1. The molecule has 0 saturated heterocycles. The minimum absolute atomic E-state index is 0.0397. The number of aryl methyl sites for hydroxylation is 1. The van der Waals surface area contributed by atoms with E-state index in [1.165, 1.54) is 12.8 Å². The maximum absolute atomic E-state index is 12.6. The number of nitrogens with one attached hydrogen (secondary N) is 1. The van der Waals surface area contributed by atoms with E-state index in [9.17, 15) is 4.79 Å². The molecule has 4 rings (SSSR count). The van der Waals surface area contributed by atoms with Gasteiger partial charge in [0.1, 0.15) is 5.01 Å². The van der Waals surface area contributed by atoms with E-state index in [0.717, 1.165) is 27.2 Å². The lowest BCUT2D eigenvalue weighted by molar-refractivity contribution is -0.121. The van der Waals surface area contributed by atoms with Crippen molar-refractivity contribution in [1.82, 2.24) is 15.3 Å². The van der Waals surface area contributed by atoms with Gasteiger partial charge >= 0.3 is 0 Å². The molecule has 1 atom stereocenters. The molecule has 1 unspecified atom stereocenters. The Morgan fingerprint density at radius 2 is 2.17 bits per heavy atom. The van der Waals surface area contributed by atoms with Crippen LogP contribution in [-0.2, 0) is 11.2 Å². The number of rotatable bonds is 5. The van der Waals surface area contributed by atoms with Gasteiger partial charge in [0.15, 0.2) is 0 Å². The van der Waals surface area contributed by atoms with Gasteiger partial charge in [-0.15, -0.1) is 11.3 Å². The minimum Gasteiger partial charge on any atom is -0.346 e. The number of thiazole rings is 1. The molecule has 122 valence electrons. The first-order chi connectivity index (χ1) is 11.7. The summed E-state index contributed by atoms with van der Waals surface area (Å²) in [5, 5.41) is 7.34. The third-order valence-electron chi connectivity index (χ3n) is 4.38. The number of nitrogens with zero attached hydrogens (tertiary/aromatic N) is 2. The molecule has 1 saturated carbocycles. The first-order valence-corrected chi connectivity index (χ1v) is 9.12. The van der Waals surface area contributed by atoms with E-state index in [1.807, 2.05) is 42.6 Å². The fraction of sp³-hybridized carbons (Fsp3) is 0.316. The van der Waals surface area contributed by atoms with E-state index in [4.69, 9.17) is 0 Å². The van der Waals surface area contributed by atoms with Gasteiger partial charge in [-0.1, -0.05) is 24.3 Å². The summed E-state index contributed by atoms with van der Waals surface area (Å²) >= 11 is 1.64. The Hall–Kier alpha value is -2.27. The van der Waals surface area contributed by atoms with Crippen LogP contribution in [0.25, 0.3) is 10.9 Å². The standard InChI is InChI=1S/C19H19N3OS/c1-12-11-24-19(21-12)18(14-7-8-14)22-16(23)10-15-5-2-4-13-6-3-9-20-17(13)15/h2-6,9,11,14,18H,7-8,10H2,1H3,(H,22,23). The van der Waals surface area contributed by atoms with Crippen LogP contribution in [-0.4, -0.2) is 15.9 Å². The molecule has 24 heavy (non-hydrogen) atoms. The molecule has 0 radical (unpaired) electrons. The van der Waals surface area contributed by atoms with Gasteiger partial charge < -0.3 is 5.32 Å². The largest absolute Gasteiger partial charge is 0.346 e. The summed E-state index contributed by atoms with van der Waals surface area (Å²) in [4.78, 5) is 21.6. The van der Waals surface area contributed by atoms with Crippen molar-refractivity contribution in [3.05, 3.63) is 58.2 Å². The molecule has 1 amide bonds. The fourth-order valence-electron chi connectivity index (χ4n) is 3.03. The van der Waals surface area contributed by atoms with E-state index in [2.05, 4.69) is 15.3 Å². The third-order valence-corrected chi connectivity index (χ3v) is 5.43. The van der Waals surface area contributed by atoms with Crippen LogP contribution in [0.15, 0.2) is 41.9 Å². The lowest BCUT2D eigenvalue weighted by atomic mass is 10.1. The quantitative estimate of drug-likeness (QED) is 0.770. The zero-order chi connectivity index (χ0) is 16.5. The Kier molecular flexibility index (Phi) is 4.02. The molecule has 1 aliphatic rings. The normalized spacial score (nSPS) is 15.4. The second kappa shape index (κ2) is 6.32. The molecule has 2 heterocycles. The highest BCUT2D eigenvalue weighted by atomic mass is 32.1. The van der Waals surface area contributed by atoms with Crippen LogP contribution in [0.2, 0.25) is 0 Å². The van der Waals surface area contributed by atoms with Gasteiger partial charge in [-0.25, -0.2) is 4.98 Å². The minimum atomic E-state index is 0.0397. The van der Waals surface area contributed by atoms with Gasteiger partial charge in [0.2, 0.25) is 5.91 Å². The van der Waals surface area contributed by atoms with E-state index < -0.39 is 0 Å². The summed E-state index contributed by atoms with van der Waals surface area (Å²) in [6.07, 6.45) is 4.45. The molecule has 3 aromatic rings. The maximum atomic E-state index is 12.6. The molecule has 4 nitrogen and oxygen atoms in total. The van der Waals surface area contributed by atoms with Gasteiger partial charge in [-0.05, 0) is 37.3 Å². The fourth-order valence-corrected chi connectivity index (χ4v) is 3.97. The van der Waals surface area contributed by atoms with E-state index in [-0.39, 0.29) is 11.9 Å². The Morgan fingerprint density at radius 3 is 2.92 bits per heavy atom. The summed E-state index contributed by atoms with van der Waals surface area (Å²) in [7, 11) is 0. The van der Waals surface area contributed by atoms with Gasteiger partial charge in [0, 0.05) is 22.7 Å². The van der Waals surface area contributed by atoms with Crippen molar-refractivity contribution in [3.63, 3.8) is 0 Å². The molecule has 1 fully saturated rings. The van der Waals surface area contributed by atoms with Crippen molar-refractivity contribution in [1.29, 1.82) is 0 Å². The molecule has 5 heteroatoms. The monoisotopic (exact) mass is 337 g/mol. The van der Waals surface area contributed by atoms with Gasteiger partial charge in [0.05, 0.1) is 18.0 Å². The van der Waals surface area contributed by atoms with E-state index in [1.54, 1.807) is 17.5 Å². The molecule has 2 aromatic heterocycles. The number of pyridine rings is 1. The highest BCUT2D eigenvalue weighted by molar-refractivity contribution is 7.09. The Morgan fingerprint density at radius 1 is 1.33 bits per heavy atom. The summed E-state index contributed by atoms with van der Waals surface area (Å²) in [6, 6.07) is 9.98. The SMILES string of the molecule is Cc1csc(C(NC(=O)Cc2cccc3cccnc23)C2CC2)n1. The summed E-state index contributed by atoms with van der Waals surface area (Å²) in [5.74, 6) is 0.572. The summed E-state index contributed by atoms with van der Waals surface area (Å²) in [6.45, 7) is 1.99. The predicted molar refractivity (Wildman–Crippen MR) is 95.9 cm³/mol. The highest BCUT2D eigenvalue weighted by Crippen LogP contribution is 2.41. The lowest BCUT2D eigenvalue weighted by Gasteiger charge is -2.16. The first-order valence-electron chi connectivity index (χ1n) is 8.25. The van der Waals surface area contributed by atoms with E-state index in [0.29, 0.717) is 12.3 Å². The Labute approximate surface area is 145 Å². The molecular weight excluding hydrogens is 318 g/mol. The average molecular weight is 337 g/mol. The lowest BCUT2D eigenvalue weighted by Crippen LogP contribution is -2.31. The number of aromatic nitrogens is 2. The van der Waals surface area contributed by atoms with Crippen molar-refractivity contribution in [2.24, 2.45) is 5.92 Å². The molecule has 0 aliphatic heterocycles. The maximum Gasteiger partial charge on any atom is 0.225 e. The molecule has 0 spiro atoms. The average Bonchev–Trinajstić information content (AvgIpc) is 3.34. The number of benzene rings is 1. The van der Waals surface area contributed by atoms with Crippen LogP contribution >= 0.6 is 11.3 Å². The Bertz CT molecular complexity index is 880. The topological polar surface area (TPSA) is 54.9 Å². The van der Waals surface area contributed by atoms with Gasteiger partial charge in [-0.2, -0.15) is 0 Å². The second-order valence-electron chi connectivity index (χ2n) is 6.38. The molecule has 1 N–H and O–H groups in total. The highest BCUT2D eigenvalue weighted by Gasteiger charge is 2.35. The van der Waals surface area contributed by atoms with Crippen molar-refractivity contribution in [2.75, 3.05) is 0 Å². The van der Waals surface area contributed by atoms with Crippen LogP contribution in [0.3, 0.4) is 0 Å². The van der Waals surface area contributed by atoms with Crippen LogP contribution < -0.4 is 5.32 Å². The van der Waals surface area contributed by atoms with Crippen molar-refractivity contribution >= 4 is 28.1 Å². The number of amides is 1. The van der Waals surface area contributed by atoms with Crippen molar-refractivity contribution in [2.45, 2.75) is 32.2 Å². The molecule has 1 aliphatic carbocycles. The number of hydrogen-bond acceptors (Lipinski definition) is 4. The van der Waals surface area contributed by atoms with Crippen LogP contribution in [0, 0.1) is 12.8 Å². The predicted octanol–water partition coefficient (Wildman–Crippen LogP) is 3.81. The molecule has 0 bridgehead atoms. The first kappa shape index (κ1) is 15.3. The van der Waals surface area contributed by atoms with Crippen LogP contribution in [0.5, 0.6) is 0 Å². The zero-order valence-corrected chi connectivity index (χ0v) is 14.3. The van der Waals surface area contributed by atoms with Gasteiger partial charge in [0.25, 0.3) is 0 Å². The number of carbonyl (C=O) groups is 1. The Balaban J connectivity index is 1.53. The smallest absolute Gasteiger partial charge is 0.225 e. The number of para-hydroxylation sites is 1. The number of carbonyl (C=O) groups excluding carboxylic acids is 1. The summed E-state index contributed by atoms with van der Waals surface area (Å²) < 4.78 is 0.